The predicted octanol–water partition coefficient (Wildman–Crippen LogP) is 8.36. The van der Waals surface area contributed by atoms with Crippen LogP contribution in [0.15, 0.2) is 23.8 Å². The zero-order chi connectivity index (χ0) is 32.5. The molecule has 0 radical (unpaired) electrons. The second-order valence-electron chi connectivity index (χ2n) is 13.6. The molecule has 2 saturated heterocycles. The first-order chi connectivity index (χ1) is 21.7. The van der Waals surface area contributed by atoms with Crippen LogP contribution in [0.5, 0.6) is 0 Å². The molecule has 3 fully saturated rings. The summed E-state index contributed by atoms with van der Waals surface area (Å²) in [6, 6.07) is 0. The highest BCUT2D eigenvalue weighted by Crippen LogP contribution is 2.39. The zero-order valence-electron chi connectivity index (χ0n) is 28.9. The van der Waals surface area contributed by atoms with Crippen molar-refractivity contribution in [2.75, 3.05) is 20.3 Å². The molecule has 0 aromatic rings. The first-order valence-electron chi connectivity index (χ1n) is 17.8. The van der Waals surface area contributed by atoms with Gasteiger partial charge >= 0.3 is 11.9 Å². The third-order valence-corrected chi connectivity index (χ3v) is 9.57. The van der Waals surface area contributed by atoms with Crippen LogP contribution in [-0.4, -0.2) is 62.7 Å². The molecule has 0 aromatic heterocycles. The number of esters is 2. The van der Waals surface area contributed by atoms with Gasteiger partial charge in [0.1, 0.15) is 12.2 Å². The SMILES string of the molecule is COC(=O)C(C)(OC1CCCCO1)C(CCCC[C@@H]1[C@@H](/C=C/CCCCCC=C(C)C)CC[C@H]1OC(C)=O)OC1CCCCO1. The molecule has 4 unspecified atom stereocenters. The molecule has 0 aromatic carbocycles. The number of allylic oxidation sites excluding steroid dienone is 4. The Bertz CT molecular complexity index is 915. The second-order valence-corrected chi connectivity index (χ2v) is 13.6. The summed E-state index contributed by atoms with van der Waals surface area (Å²) in [4.78, 5) is 25.2. The molecule has 258 valence electrons. The minimum Gasteiger partial charge on any atom is -0.467 e. The Morgan fingerprint density at radius 3 is 2.22 bits per heavy atom. The molecule has 3 rings (SSSR count). The van der Waals surface area contributed by atoms with E-state index in [0.29, 0.717) is 31.5 Å². The van der Waals surface area contributed by atoms with Crippen molar-refractivity contribution in [2.45, 2.75) is 167 Å². The smallest absolute Gasteiger partial charge is 0.340 e. The summed E-state index contributed by atoms with van der Waals surface area (Å²) in [7, 11) is 1.40. The lowest BCUT2D eigenvalue weighted by molar-refractivity contribution is -0.280. The Hall–Kier alpha value is -1.74. The van der Waals surface area contributed by atoms with E-state index < -0.39 is 24.0 Å². The lowest BCUT2D eigenvalue weighted by Gasteiger charge is -2.40. The van der Waals surface area contributed by atoms with Gasteiger partial charge in [0.05, 0.1) is 7.11 Å². The fourth-order valence-electron chi connectivity index (χ4n) is 7.02. The van der Waals surface area contributed by atoms with Crippen LogP contribution in [0, 0.1) is 11.8 Å². The minimum absolute atomic E-state index is 0.0453. The van der Waals surface area contributed by atoms with Gasteiger partial charge in [0.2, 0.25) is 0 Å². The molecule has 0 amide bonds. The maximum atomic E-state index is 13.3. The van der Waals surface area contributed by atoms with E-state index in [9.17, 15) is 9.59 Å². The van der Waals surface area contributed by atoms with Crippen LogP contribution in [0.1, 0.15) is 137 Å². The molecular weight excluding hydrogens is 572 g/mol. The predicted molar refractivity (Wildman–Crippen MR) is 175 cm³/mol. The molecule has 0 N–H and O–H groups in total. The summed E-state index contributed by atoms with van der Waals surface area (Å²) >= 11 is 0. The molecule has 8 nitrogen and oxygen atoms in total. The molecule has 0 spiro atoms. The Balaban J connectivity index is 1.60. The highest BCUT2D eigenvalue weighted by molar-refractivity contribution is 5.80. The monoisotopic (exact) mass is 634 g/mol. The average Bonchev–Trinajstić information content (AvgIpc) is 3.40. The summed E-state index contributed by atoms with van der Waals surface area (Å²) in [6.45, 7) is 8.88. The van der Waals surface area contributed by atoms with E-state index in [1.165, 1.54) is 45.3 Å². The standard InChI is InChI=1S/C37H62O8/c1-28(2)18-10-8-6-7-9-11-19-30-24-25-32(43-29(3)38)31(30)20-12-13-21-33(44-34-22-14-16-26-41-34)37(4,36(39)40-5)45-35-23-15-17-27-42-35/h11,18-19,30-35H,6-10,12-17,20-27H2,1-5H3/b19-11+/t30-,31+,32+,33?,34?,35?,37?/m0/s1. The molecule has 45 heavy (non-hydrogen) atoms. The van der Waals surface area contributed by atoms with Crippen LogP contribution in [0.4, 0.5) is 0 Å². The number of unbranched alkanes of at least 4 members (excludes halogenated alkanes) is 5. The van der Waals surface area contributed by atoms with Crippen LogP contribution < -0.4 is 0 Å². The molecule has 7 atom stereocenters. The normalized spacial score (nSPS) is 27.5. The van der Waals surface area contributed by atoms with E-state index in [1.54, 1.807) is 6.92 Å². The lowest BCUT2D eigenvalue weighted by Crippen LogP contribution is -2.55. The van der Waals surface area contributed by atoms with Crippen molar-refractivity contribution >= 4 is 11.9 Å². The fraction of sp³-hybridized carbons (Fsp3) is 0.838. The molecule has 0 bridgehead atoms. The van der Waals surface area contributed by atoms with Crippen molar-refractivity contribution in [1.82, 2.24) is 0 Å². The Morgan fingerprint density at radius 2 is 1.58 bits per heavy atom. The topological polar surface area (TPSA) is 89.5 Å². The Labute approximate surface area is 272 Å². The fourth-order valence-corrected chi connectivity index (χ4v) is 7.02. The van der Waals surface area contributed by atoms with E-state index >= 15 is 0 Å². The van der Waals surface area contributed by atoms with Crippen molar-refractivity contribution in [2.24, 2.45) is 11.8 Å². The lowest BCUT2D eigenvalue weighted by atomic mass is 9.87. The van der Waals surface area contributed by atoms with E-state index in [-0.39, 0.29) is 18.4 Å². The van der Waals surface area contributed by atoms with Crippen molar-refractivity contribution < 1.29 is 38.0 Å². The van der Waals surface area contributed by atoms with Gasteiger partial charge in [-0.1, -0.05) is 43.1 Å². The quantitative estimate of drug-likeness (QED) is 0.0796. The van der Waals surface area contributed by atoms with Gasteiger partial charge in [-0.15, -0.1) is 0 Å². The molecule has 1 saturated carbocycles. The minimum atomic E-state index is -1.32. The van der Waals surface area contributed by atoms with Gasteiger partial charge in [-0.2, -0.15) is 0 Å². The maximum absolute atomic E-state index is 13.3. The largest absolute Gasteiger partial charge is 0.467 e. The first kappa shape index (κ1) is 37.7. The summed E-state index contributed by atoms with van der Waals surface area (Å²) in [5.74, 6) is 0.0470. The average molecular weight is 635 g/mol. The summed E-state index contributed by atoms with van der Waals surface area (Å²) in [6.07, 6.45) is 22.4. The third-order valence-electron chi connectivity index (χ3n) is 9.57. The van der Waals surface area contributed by atoms with Crippen molar-refractivity contribution in [3.05, 3.63) is 23.8 Å². The number of rotatable bonds is 19. The molecule has 2 heterocycles. The third kappa shape index (κ3) is 13.1. The van der Waals surface area contributed by atoms with Gasteiger partial charge in [-0.05, 0) is 117 Å². The number of hydrogen-bond acceptors (Lipinski definition) is 8. The number of methoxy groups -OCH3 is 1. The molecule has 2 aliphatic heterocycles. The van der Waals surface area contributed by atoms with Crippen molar-refractivity contribution in [3.8, 4) is 0 Å². The Morgan fingerprint density at radius 1 is 0.867 bits per heavy atom. The number of carbonyl (C=O) groups excluding carboxylic acids is 2. The van der Waals surface area contributed by atoms with E-state index in [0.717, 1.165) is 77.0 Å². The van der Waals surface area contributed by atoms with Gasteiger partial charge in [0, 0.05) is 26.1 Å². The zero-order valence-corrected chi connectivity index (χ0v) is 28.9. The van der Waals surface area contributed by atoms with Crippen molar-refractivity contribution in [1.29, 1.82) is 0 Å². The van der Waals surface area contributed by atoms with Crippen LogP contribution >= 0.6 is 0 Å². The van der Waals surface area contributed by atoms with Gasteiger partial charge in [-0.3, -0.25) is 4.79 Å². The van der Waals surface area contributed by atoms with Gasteiger partial charge < -0.3 is 28.4 Å². The van der Waals surface area contributed by atoms with Crippen LogP contribution in [-0.2, 0) is 38.0 Å². The van der Waals surface area contributed by atoms with Crippen LogP contribution in [0.3, 0.4) is 0 Å². The number of hydrogen-bond donors (Lipinski definition) is 0. The van der Waals surface area contributed by atoms with E-state index in [4.69, 9.17) is 28.4 Å². The van der Waals surface area contributed by atoms with Gasteiger partial charge in [-0.25, -0.2) is 4.79 Å². The Kier molecular flexibility index (Phi) is 17.2. The molecule has 8 heteroatoms. The number of carbonyl (C=O) groups is 2. The highest BCUT2D eigenvalue weighted by Gasteiger charge is 2.48. The highest BCUT2D eigenvalue weighted by atomic mass is 16.7. The molecule has 1 aliphatic carbocycles. The van der Waals surface area contributed by atoms with Crippen molar-refractivity contribution in [3.63, 3.8) is 0 Å². The molecular formula is C37H62O8. The van der Waals surface area contributed by atoms with E-state index in [2.05, 4.69) is 32.1 Å². The van der Waals surface area contributed by atoms with Crippen LogP contribution in [0.25, 0.3) is 0 Å². The second kappa shape index (κ2) is 20.5. The van der Waals surface area contributed by atoms with Crippen LogP contribution in [0.2, 0.25) is 0 Å². The summed E-state index contributed by atoms with van der Waals surface area (Å²) < 4.78 is 35.8. The molecule has 3 aliphatic rings. The number of ether oxygens (including phenoxy) is 6. The van der Waals surface area contributed by atoms with Gasteiger partial charge in [0.15, 0.2) is 18.2 Å². The summed E-state index contributed by atoms with van der Waals surface area (Å²) in [5.41, 5.74) is 0.0768. The maximum Gasteiger partial charge on any atom is 0.340 e. The summed E-state index contributed by atoms with van der Waals surface area (Å²) in [5, 5.41) is 0. The van der Waals surface area contributed by atoms with E-state index in [1.807, 2.05) is 0 Å². The van der Waals surface area contributed by atoms with Gasteiger partial charge in [0.25, 0.3) is 0 Å². The first-order valence-corrected chi connectivity index (χ1v) is 17.8.